The van der Waals surface area contributed by atoms with Gasteiger partial charge >= 0.3 is 5.97 Å². The zero-order valence-electron chi connectivity index (χ0n) is 14.2. The van der Waals surface area contributed by atoms with Gasteiger partial charge in [0.15, 0.2) is 0 Å². The van der Waals surface area contributed by atoms with Crippen LogP contribution in [-0.2, 0) is 14.8 Å². The molecule has 0 spiro atoms. The molecule has 1 atom stereocenters. The van der Waals surface area contributed by atoms with Crippen LogP contribution in [0.15, 0.2) is 29.2 Å². The van der Waals surface area contributed by atoms with Crippen molar-refractivity contribution in [1.82, 2.24) is 4.31 Å². The lowest BCUT2D eigenvalue weighted by Gasteiger charge is -2.20. The normalized spacial score (nSPS) is 21.8. The van der Waals surface area contributed by atoms with Crippen molar-refractivity contribution in [3.63, 3.8) is 0 Å². The number of unbranched alkanes of at least 4 members (excludes halogenated alkanes) is 2. The fourth-order valence-corrected chi connectivity index (χ4v) is 4.26. The second kappa shape index (κ2) is 7.53. The molecule has 0 amide bonds. The quantitative estimate of drug-likeness (QED) is 0.725. The van der Waals surface area contributed by atoms with Crippen molar-refractivity contribution in [1.29, 1.82) is 0 Å². The number of hydrogen-bond acceptors (Lipinski definition) is 4. The number of carboxylic acids is 1. The van der Waals surface area contributed by atoms with E-state index in [-0.39, 0.29) is 18.0 Å². The van der Waals surface area contributed by atoms with E-state index in [1.165, 1.54) is 16.4 Å². The Balaban J connectivity index is 2.04. The Labute approximate surface area is 143 Å². The van der Waals surface area contributed by atoms with Crippen LogP contribution in [0.4, 0.5) is 0 Å². The molecule has 1 N–H and O–H groups in total. The molecule has 1 fully saturated rings. The monoisotopic (exact) mass is 355 g/mol. The van der Waals surface area contributed by atoms with E-state index >= 15 is 0 Å². The van der Waals surface area contributed by atoms with E-state index < -0.39 is 21.4 Å². The minimum Gasteiger partial charge on any atom is -0.494 e. The van der Waals surface area contributed by atoms with Gasteiger partial charge in [0.1, 0.15) is 5.75 Å². The third kappa shape index (κ3) is 4.08. The molecule has 6 nitrogen and oxygen atoms in total. The molecule has 0 saturated carbocycles. The Bertz CT molecular complexity index is 671. The number of sulfonamides is 1. The van der Waals surface area contributed by atoms with E-state index in [1.807, 2.05) is 0 Å². The maximum absolute atomic E-state index is 12.6. The van der Waals surface area contributed by atoms with Crippen LogP contribution in [0.3, 0.4) is 0 Å². The van der Waals surface area contributed by atoms with E-state index in [9.17, 15) is 18.3 Å². The Kier molecular flexibility index (Phi) is 5.87. The van der Waals surface area contributed by atoms with Gasteiger partial charge in [-0.3, -0.25) is 4.79 Å². The van der Waals surface area contributed by atoms with Crippen molar-refractivity contribution in [2.75, 3.05) is 19.7 Å². The van der Waals surface area contributed by atoms with Gasteiger partial charge < -0.3 is 9.84 Å². The molecule has 1 heterocycles. The maximum Gasteiger partial charge on any atom is 0.310 e. The maximum atomic E-state index is 12.6. The molecule has 24 heavy (non-hydrogen) atoms. The van der Waals surface area contributed by atoms with Crippen LogP contribution in [0, 0.1) is 5.41 Å². The Hall–Kier alpha value is -1.60. The largest absolute Gasteiger partial charge is 0.494 e. The lowest BCUT2D eigenvalue weighted by Crippen LogP contribution is -2.34. The van der Waals surface area contributed by atoms with E-state index in [0.29, 0.717) is 18.8 Å². The second-order valence-corrected chi connectivity index (χ2v) is 8.42. The van der Waals surface area contributed by atoms with Crippen LogP contribution in [0.2, 0.25) is 0 Å². The van der Waals surface area contributed by atoms with Gasteiger partial charge in [-0.25, -0.2) is 8.42 Å². The first-order chi connectivity index (χ1) is 11.3. The highest BCUT2D eigenvalue weighted by atomic mass is 32.2. The topological polar surface area (TPSA) is 83.9 Å². The summed E-state index contributed by atoms with van der Waals surface area (Å²) in [6, 6.07) is 6.32. The lowest BCUT2D eigenvalue weighted by atomic mass is 9.90. The molecule has 2 rings (SSSR count). The van der Waals surface area contributed by atoms with Crippen molar-refractivity contribution in [3.8, 4) is 5.75 Å². The molecule has 0 bridgehead atoms. The fourth-order valence-electron chi connectivity index (χ4n) is 2.70. The summed E-state index contributed by atoms with van der Waals surface area (Å²) >= 11 is 0. The number of aliphatic carboxylic acids is 1. The van der Waals surface area contributed by atoms with E-state index in [1.54, 1.807) is 19.1 Å². The average Bonchev–Trinajstić information content (AvgIpc) is 2.97. The predicted molar refractivity (Wildman–Crippen MR) is 90.6 cm³/mol. The first-order valence-corrected chi connectivity index (χ1v) is 9.70. The van der Waals surface area contributed by atoms with Crippen molar-refractivity contribution < 1.29 is 23.1 Å². The number of ether oxygens (including phenoxy) is 1. The lowest BCUT2D eigenvalue weighted by molar-refractivity contribution is -0.146. The van der Waals surface area contributed by atoms with Gasteiger partial charge in [-0.1, -0.05) is 19.8 Å². The van der Waals surface area contributed by atoms with E-state index in [0.717, 1.165) is 19.3 Å². The number of carbonyl (C=O) groups is 1. The Morgan fingerprint density at radius 1 is 1.29 bits per heavy atom. The molecule has 0 aliphatic carbocycles. The van der Waals surface area contributed by atoms with Crippen molar-refractivity contribution in [2.45, 2.75) is 44.4 Å². The highest BCUT2D eigenvalue weighted by Gasteiger charge is 2.44. The SMILES string of the molecule is CCCCCOc1ccc(S(=O)(=O)N2CCC(C)(C(=O)O)C2)cc1. The number of benzene rings is 1. The standard InChI is InChI=1S/C17H25NO5S/c1-3-4-5-12-23-14-6-8-15(9-7-14)24(21,22)18-11-10-17(2,13-18)16(19)20/h6-9H,3-5,10-13H2,1-2H3,(H,19,20). The summed E-state index contributed by atoms with van der Waals surface area (Å²) in [5.41, 5.74) is -1.02. The minimum atomic E-state index is -3.67. The van der Waals surface area contributed by atoms with Crippen LogP contribution in [-0.4, -0.2) is 43.5 Å². The molecule has 0 aromatic heterocycles. The number of nitrogens with zero attached hydrogens (tertiary/aromatic N) is 1. The number of rotatable bonds is 8. The zero-order valence-corrected chi connectivity index (χ0v) is 15.0. The van der Waals surface area contributed by atoms with Crippen LogP contribution in [0.25, 0.3) is 0 Å². The fraction of sp³-hybridized carbons (Fsp3) is 0.588. The molecular formula is C17H25NO5S. The predicted octanol–water partition coefficient (Wildman–Crippen LogP) is 2.74. The minimum absolute atomic E-state index is 0.0000636. The summed E-state index contributed by atoms with van der Waals surface area (Å²) in [4.78, 5) is 11.5. The van der Waals surface area contributed by atoms with Gasteiger partial charge in [0, 0.05) is 13.1 Å². The number of hydrogen-bond donors (Lipinski definition) is 1. The third-order valence-corrected chi connectivity index (χ3v) is 6.29. The third-order valence-electron chi connectivity index (χ3n) is 4.43. The zero-order chi connectivity index (χ0) is 17.8. The Morgan fingerprint density at radius 2 is 1.96 bits per heavy atom. The molecular weight excluding hydrogens is 330 g/mol. The molecule has 1 saturated heterocycles. The van der Waals surface area contributed by atoms with Gasteiger partial charge in [-0.15, -0.1) is 0 Å². The van der Waals surface area contributed by atoms with E-state index in [2.05, 4.69) is 6.92 Å². The van der Waals surface area contributed by atoms with Gasteiger partial charge in [0.05, 0.1) is 16.9 Å². The molecule has 134 valence electrons. The van der Waals surface area contributed by atoms with Crippen molar-refractivity contribution in [3.05, 3.63) is 24.3 Å². The summed E-state index contributed by atoms with van der Waals surface area (Å²) < 4.78 is 32.1. The average molecular weight is 355 g/mol. The highest BCUT2D eigenvalue weighted by molar-refractivity contribution is 7.89. The molecule has 0 radical (unpaired) electrons. The molecule has 1 aromatic rings. The molecule has 7 heteroatoms. The van der Waals surface area contributed by atoms with Crippen molar-refractivity contribution in [2.24, 2.45) is 5.41 Å². The van der Waals surface area contributed by atoms with E-state index in [4.69, 9.17) is 4.74 Å². The van der Waals surface area contributed by atoms with Crippen LogP contribution in [0.5, 0.6) is 5.75 Å². The smallest absolute Gasteiger partial charge is 0.310 e. The molecule has 1 aliphatic heterocycles. The second-order valence-electron chi connectivity index (χ2n) is 6.48. The van der Waals surface area contributed by atoms with Crippen LogP contribution < -0.4 is 4.74 Å². The highest BCUT2D eigenvalue weighted by Crippen LogP contribution is 2.34. The summed E-state index contributed by atoms with van der Waals surface area (Å²) in [7, 11) is -3.67. The van der Waals surface area contributed by atoms with Gasteiger partial charge in [0.2, 0.25) is 10.0 Å². The molecule has 1 unspecified atom stereocenters. The first-order valence-electron chi connectivity index (χ1n) is 8.26. The Morgan fingerprint density at radius 3 is 2.50 bits per heavy atom. The molecule has 1 aromatic carbocycles. The van der Waals surface area contributed by atoms with Crippen molar-refractivity contribution >= 4 is 16.0 Å². The number of carboxylic acid groups (broad SMARTS) is 1. The van der Waals surface area contributed by atoms with Gasteiger partial charge in [0.25, 0.3) is 0 Å². The first kappa shape index (κ1) is 18.7. The van der Waals surface area contributed by atoms with Crippen LogP contribution in [0.1, 0.15) is 39.5 Å². The van der Waals surface area contributed by atoms with Crippen LogP contribution >= 0.6 is 0 Å². The van der Waals surface area contributed by atoms with Gasteiger partial charge in [-0.05, 0) is 44.0 Å². The summed E-state index contributed by atoms with van der Waals surface area (Å²) in [5, 5.41) is 9.25. The summed E-state index contributed by atoms with van der Waals surface area (Å²) in [6.07, 6.45) is 3.51. The summed E-state index contributed by atoms with van der Waals surface area (Å²) in [5.74, 6) is -0.321. The summed E-state index contributed by atoms with van der Waals surface area (Å²) in [6.45, 7) is 4.54. The molecule has 1 aliphatic rings. The van der Waals surface area contributed by atoms with Gasteiger partial charge in [-0.2, -0.15) is 4.31 Å².